The van der Waals surface area contributed by atoms with Crippen LogP contribution >= 0.6 is 11.8 Å². The van der Waals surface area contributed by atoms with Crippen molar-refractivity contribution in [2.75, 3.05) is 23.7 Å². The number of thioether (sulfide) groups is 1. The van der Waals surface area contributed by atoms with Gasteiger partial charge in [0.1, 0.15) is 0 Å². The standard InChI is InChI=1S/C18H18N6S/c19-12-7-13-23(16-8-3-1-4-9-16)14-15-25-18-20-21-22-24(18)17-10-5-2-6-11-17/h1-6,8-11H,7,13-15H2. The van der Waals surface area contributed by atoms with Crippen LogP contribution in [0.25, 0.3) is 5.69 Å². The average molecular weight is 350 g/mol. The lowest BCUT2D eigenvalue weighted by atomic mass is 10.2. The highest BCUT2D eigenvalue weighted by Crippen LogP contribution is 2.20. The zero-order valence-electron chi connectivity index (χ0n) is 13.7. The number of hydrogen-bond donors (Lipinski definition) is 0. The largest absolute Gasteiger partial charge is 0.370 e. The predicted molar refractivity (Wildman–Crippen MR) is 98.8 cm³/mol. The van der Waals surface area contributed by atoms with Gasteiger partial charge in [0, 0.05) is 24.5 Å². The Morgan fingerprint density at radius 3 is 2.44 bits per heavy atom. The average Bonchev–Trinajstić information content (AvgIpc) is 3.14. The molecule has 0 saturated carbocycles. The summed E-state index contributed by atoms with van der Waals surface area (Å²) >= 11 is 1.61. The normalized spacial score (nSPS) is 10.4. The number of nitrogens with zero attached hydrogens (tertiary/aromatic N) is 6. The first-order valence-corrected chi connectivity index (χ1v) is 9.00. The van der Waals surface area contributed by atoms with E-state index in [-0.39, 0.29) is 0 Å². The lowest BCUT2D eigenvalue weighted by Crippen LogP contribution is -2.26. The van der Waals surface area contributed by atoms with Crippen LogP contribution in [0.15, 0.2) is 65.8 Å². The summed E-state index contributed by atoms with van der Waals surface area (Å²) in [7, 11) is 0. The third-order valence-electron chi connectivity index (χ3n) is 3.65. The van der Waals surface area contributed by atoms with Crippen molar-refractivity contribution in [2.24, 2.45) is 0 Å². The third kappa shape index (κ3) is 4.58. The SMILES string of the molecule is N#CCCN(CCSc1nnnn1-c1ccccc1)c1ccccc1. The van der Waals surface area contributed by atoms with Crippen molar-refractivity contribution in [2.45, 2.75) is 11.6 Å². The Morgan fingerprint density at radius 2 is 1.72 bits per heavy atom. The number of tetrazole rings is 1. The van der Waals surface area contributed by atoms with Gasteiger partial charge >= 0.3 is 0 Å². The highest BCUT2D eigenvalue weighted by atomic mass is 32.2. The molecular formula is C18H18N6S. The minimum absolute atomic E-state index is 0.501. The molecule has 0 atom stereocenters. The van der Waals surface area contributed by atoms with Crippen LogP contribution in [-0.2, 0) is 0 Å². The van der Waals surface area contributed by atoms with Crippen LogP contribution in [0.3, 0.4) is 0 Å². The van der Waals surface area contributed by atoms with Gasteiger partial charge in [-0.2, -0.15) is 9.94 Å². The van der Waals surface area contributed by atoms with Gasteiger partial charge < -0.3 is 4.90 Å². The minimum Gasteiger partial charge on any atom is -0.370 e. The fraction of sp³-hybridized carbons (Fsp3) is 0.222. The first-order valence-electron chi connectivity index (χ1n) is 8.02. The molecule has 0 spiro atoms. The maximum absolute atomic E-state index is 8.89. The third-order valence-corrected chi connectivity index (χ3v) is 4.55. The van der Waals surface area contributed by atoms with Crippen molar-refractivity contribution in [1.29, 1.82) is 5.26 Å². The van der Waals surface area contributed by atoms with Gasteiger partial charge in [0.25, 0.3) is 0 Å². The van der Waals surface area contributed by atoms with E-state index in [1.807, 2.05) is 48.5 Å². The first kappa shape index (κ1) is 17.0. The van der Waals surface area contributed by atoms with Gasteiger partial charge in [0.2, 0.25) is 5.16 Å². The fourth-order valence-electron chi connectivity index (χ4n) is 2.44. The van der Waals surface area contributed by atoms with Crippen LogP contribution < -0.4 is 4.90 Å². The summed E-state index contributed by atoms with van der Waals surface area (Å²) in [5, 5.41) is 21.6. The smallest absolute Gasteiger partial charge is 0.214 e. The van der Waals surface area contributed by atoms with Gasteiger partial charge in [-0.3, -0.25) is 0 Å². The maximum Gasteiger partial charge on any atom is 0.214 e. The topological polar surface area (TPSA) is 70.6 Å². The second-order valence-corrected chi connectivity index (χ2v) is 6.35. The van der Waals surface area contributed by atoms with E-state index in [0.717, 1.165) is 28.8 Å². The second-order valence-electron chi connectivity index (χ2n) is 5.29. The van der Waals surface area contributed by atoms with E-state index < -0.39 is 0 Å². The van der Waals surface area contributed by atoms with Crippen molar-refractivity contribution in [3.8, 4) is 11.8 Å². The Morgan fingerprint density at radius 1 is 1.00 bits per heavy atom. The Kier molecular flexibility index (Phi) is 6.01. The van der Waals surface area contributed by atoms with E-state index in [9.17, 15) is 0 Å². The predicted octanol–water partition coefficient (Wildman–Crippen LogP) is 3.17. The summed E-state index contributed by atoms with van der Waals surface area (Å²) in [6, 6.07) is 22.2. The summed E-state index contributed by atoms with van der Waals surface area (Å²) < 4.78 is 1.74. The molecule has 1 heterocycles. The van der Waals surface area contributed by atoms with Gasteiger partial charge in [-0.1, -0.05) is 48.2 Å². The first-order chi connectivity index (χ1) is 12.4. The van der Waals surface area contributed by atoms with Crippen LogP contribution in [0.1, 0.15) is 6.42 Å². The summed E-state index contributed by atoms with van der Waals surface area (Å²) in [4.78, 5) is 2.22. The Labute approximate surface area is 151 Å². The molecule has 126 valence electrons. The summed E-state index contributed by atoms with van der Waals surface area (Å²) in [5.74, 6) is 0.827. The van der Waals surface area contributed by atoms with Crippen molar-refractivity contribution in [1.82, 2.24) is 20.2 Å². The maximum atomic E-state index is 8.89. The number of benzene rings is 2. The van der Waals surface area contributed by atoms with E-state index >= 15 is 0 Å². The lowest BCUT2D eigenvalue weighted by Gasteiger charge is -2.23. The second kappa shape index (κ2) is 8.85. The number of rotatable bonds is 8. The Bertz CT molecular complexity index is 812. The van der Waals surface area contributed by atoms with Gasteiger partial charge in [-0.05, 0) is 34.7 Å². The molecule has 0 N–H and O–H groups in total. The van der Waals surface area contributed by atoms with Crippen LogP contribution in [0.5, 0.6) is 0 Å². The molecule has 0 aliphatic heterocycles. The summed E-state index contributed by atoms with van der Waals surface area (Å²) in [5.41, 5.74) is 2.07. The fourth-order valence-corrected chi connectivity index (χ4v) is 3.29. The quantitative estimate of drug-likeness (QED) is 0.581. The Hall–Kier alpha value is -2.85. The molecule has 2 aromatic carbocycles. The van der Waals surface area contributed by atoms with Crippen LogP contribution in [0.2, 0.25) is 0 Å². The van der Waals surface area contributed by atoms with E-state index in [0.29, 0.717) is 13.0 Å². The van der Waals surface area contributed by atoms with E-state index in [1.165, 1.54) is 0 Å². The molecule has 25 heavy (non-hydrogen) atoms. The van der Waals surface area contributed by atoms with Gasteiger partial charge in [0.05, 0.1) is 18.2 Å². The van der Waals surface area contributed by atoms with Gasteiger partial charge in [0.15, 0.2) is 0 Å². The number of hydrogen-bond acceptors (Lipinski definition) is 6. The molecular weight excluding hydrogens is 332 g/mol. The molecule has 1 aromatic heterocycles. The molecule has 0 aliphatic rings. The molecule has 0 fully saturated rings. The van der Waals surface area contributed by atoms with Crippen molar-refractivity contribution in [3.05, 3.63) is 60.7 Å². The summed E-state index contributed by atoms with van der Waals surface area (Å²) in [6.45, 7) is 1.53. The zero-order chi connectivity index (χ0) is 17.3. The van der Waals surface area contributed by atoms with Gasteiger partial charge in [-0.25, -0.2) is 0 Å². The number of anilines is 1. The molecule has 0 unspecified atom stereocenters. The highest BCUT2D eigenvalue weighted by molar-refractivity contribution is 7.99. The molecule has 6 nitrogen and oxygen atoms in total. The Balaban J connectivity index is 1.63. The monoisotopic (exact) mass is 350 g/mol. The zero-order valence-corrected chi connectivity index (χ0v) is 14.5. The molecule has 0 aliphatic carbocycles. The molecule has 7 heteroatoms. The number of aromatic nitrogens is 4. The van der Waals surface area contributed by atoms with Crippen molar-refractivity contribution >= 4 is 17.4 Å². The van der Waals surface area contributed by atoms with E-state index in [4.69, 9.17) is 5.26 Å². The molecule has 0 bridgehead atoms. The molecule has 0 saturated heterocycles. The van der Waals surface area contributed by atoms with Crippen LogP contribution in [0, 0.1) is 11.3 Å². The van der Waals surface area contributed by atoms with E-state index in [2.05, 4.69) is 38.6 Å². The van der Waals surface area contributed by atoms with E-state index in [1.54, 1.807) is 16.4 Å². The molecule has 0 radical (unpaired) electrons. The van der Waals surface area contributed by atoms with Crippen molar-refractivity contribution in [3.63, 3.8) is 0 Å². The minimum atomic E-state index is 0.501. The molecule has 3 aromatic rings. The van der Waals surface area contributed by atoms with Crippen LogP contribution in [0.4, 0.5) is 5.69 Å². The highest BCUT2D eigenvalue weighted by Gasteiger charge is 2.11. The molecule has 3 rings (SSSR count). The number of para-hydroxylation sites is 2. The number of nitriles is 1. The van der Waals surface area contributed by atoms with Gasteiger partial charge in [-0.15, -0.1) is 5.10 Å². The lowest BCUT2D eigenvalue weighted by molar-refractivity contribution is 0.755. The molecule has 0 amide bonds. The van der Waals surface area contributed by atoms with Crippen LogP contribution in [-0.4, -0.2) is 39.0 Å². The van der Waals surface area contributed by atoms with Crippen molar-refractivity contribution < 1.29 is 0 Å². The summed E-state index contributed by atoms with van der Waals surface area (Å²) in [6.07, 6.45) is 0.501.